The van der Waals surface area contributed by atoms with E-state index in [1.165, 1.54) is 0 Å². The fraction of sp³-hybridized carbons (Fsp3) is 0.292. The molecule has 7 heteroatoms. The van der Waals surface area contributed by atoms with E-state index >= 15 is 0 Å². The van der Waals surface area contributed by atoms with E-state index in [-0.39, 0.29) is 18.3 Å². The topological polar surface area (TPSA) is 73.7 Å². The van der Waals surface area contributed by atoms with Crippen LogP contribution in [0.4, 0.5) is 0 Å². The van der Waals surface area contributed by atoms with E-state index in [0.717, 1.165) is 24.1 Å². The molecule has 1 aromatic heterocycles. The molecule has 1 saturated heterocycles. The highest BCUT2D eigenvalue weighted by Gasteiger charge is 2.26. The van der Waals surface area contributed by atoms with Crippen LogP contribution in [0.25, 0.3) is 11.3 Å². The number of hydrogen-bond donors (Lipinski definition) is 0. The van der Waals surface area contributed by atoms with Crippen LogP contribution in [-0.4, -0.2) is 40.5 Å². The number of carbonyl (C=O) groups excluding carboxylic acids is 1. The van der Waals surface area contributed by atoms with Crippen molar-refractivity contribution in [2.24, 2.45) is 5.92 Å². The van der Waals surface area contributed by atoms with Crippen molar-refractivity contribution >= 4 is 5.91 Å². The van der Waals surface area contributed by atoms with Gasteiger partial charge in [-0.2, -0.15) is 5.10 Å². The van der Waals surface area contributed by atoms with Gasteiger partial charge in [-0.05, 0) is 43.0 Å². The molecular formula is C24H23N3O4. The lowest BCUT2D eigenvalue weighted by Gasteiger charge is -2.32. The number of likely N-dealkylation sites (tertiary alicyclic amines) is 1. The number of nitrogens with zero attached hydrogens (tertiary/aromatic N) is 3. The molecule has 0 bridgehead atoms. The Kier molecular flexibility index (Phi) is 5.16. The Morgan fingerprint density at radius 1 is 0.968 bits per heavy atom. The number of hydrogen-bond acceptors (Lipinski definition) is 5. The molecule has 0 atom stereocenters. The number of carbonyl (C=O) groups is 1. The molecule has 3 aromatic rings. The molecular weight excluding hydrogens is 394 g/mol. The number of rotatable bonds is 4. The van der Waals surface area contributed by atoms with Gasteiger partial charge in [0.2, 0.25) is 6.79 Å². The second-order valence-electron chi connectivity index (χ2n) is 7.91. The summed E-state index contributed by atoms with van der Waals surface area (Å²) in [7, 11) is 0. The molecule has 31 heavy (non-hydrogen) atoms. The number of fused-ring (bicyclic) bond motifs is 1. The van der Waals surface area contributed by atoms with Gasteiger partial charge in [0.1, 0.15) is 0 Å². The van der Waals surface area contributed by atoms with Gasteiger partial charge >= 0.3 is 0 Å². The fourth-order valence-corrected chi connectivity index (χ4v) is 4.12. The van der Waals surface area contributed by atoms with Gasteiger partial charge in [-0.25, -0.2) is 4.68 Å². The summed E-state index contributed by atoms with van der Waals surface area (Å²) in [5, 5.41) is 4.57. The fourth-order valence-electron chi connectivity index (χ4n) is 4.12. The van der Waals surface area contributed by atoms with Gasteiger partial charge in [-0.1, -0.05) is 30.3 Å². The van der Waals surface area contributed by atoms with E-state index in [0.29, 0.717) is 42.6 Å². The molecule has 0 spiro atoms. The number of benzene rings is 2. The first kappa shape index (κ1) is 19.4. The Morgan fingerprint density at radius 2 is 1.74 bits per heavy atom. The molecule has 0 aliphatic carbocycles. The lowest BCUT2D eigenvalue weighted by Crippen LogP contribution is -2.40. The average Bonchev–Trinajstić information content (AvgIpc) is 3.29. The summed E-state index contributed by atoms with van der Waals surface area (Å²) in [6.45, 7) is 2.07. The Bertz CT molecular complexity index is 1150. The number of ether oxygens (including phenoxy) is 2. The lowest BCUT2D eigenvalue weighted by atomic mass is 9.96. The van der Waals surface area contributed by atoms with Crippen molar-refractivity contribution in [3.63, 3.8) is 0 Å². The van der Waals surface area contributed by atoms with Gasteiger partial charge in [0, 0.05) is 36.8 Å². The molecule has 2 aliphatic rings. The standard InChI is InChI=1S/C24H23N3O4/c28-23-9-7-20(18-4-2-1-3-5-18)25-27(23)15-17-10-12-26(13-11-17)24(29)19-6-8-21-22(14-19)31-16-30-21/h1-9,14,17H,10-13,15-16H2. The summed E-state index contributed by atoms with van der Waals surface area (Å²) in [4.78, 5) is 27.1. The van der Waals surface area contributed by atoms with Crippen LogP contribution in [-0.2, 0) is 6.54 Å². The van der Waals surface area contributed by atoms with Crippen LogP contribution in [0.1, 0.15) is 23.2 Å². The first-order valence-electron chi connectivity index (χ1n) is 10.5. The smallest absolute Gasteiger partial charge is 0.266 e. The number of amides is 1. The summed E-state index contributed by atoms with van der Waals surface area (Å²) in [5.74, 6) is 1.59. The van der Waals surface area contributed by atoms with E-state index in [1.807, 2.05) is 35.2 Å². The predicted octanol–water partition coefficient (Wildman–Crippen LogP) is 3.19. The van der Waals surface area contributed by atoms with Crippen LogP contribution in [0.2, 0.25) is 0 Å². The molecule has 0 radical (unpaired) electrons. The molecule has 2 aliphatic heterocycles. The van der Waals surface area contributed by atoms with Gasteiger partial charge in [-0.3, -0.25) is 9.59 Å². The van der Waals surface area contributed by atoms with E-state index in [2.05, 4.69) is 5.10 Å². The van der Waals surface area contributed by atoms with Crippen LogP contribution in [0.15, 0.2) is 65.5 Å². The highest BCUT2D eigenvalue weighted by atomic mass is 16.7. The minimum absolute atomic E-state index is 0.00174. The second kappa shape index (κ2) is 8.26. The zero-order valence-electron chi connectivity index (χ0n) is 17.1. The van der Waals surface area contributed by atoms with Gasteiger partial charge < -0.3 is 14.4 Å². The Morgan fingerprint density at radius 3 is 2.55 bits per heavy atom. The Labute approximate surface area is 179 Å². The van der Waals surface area contributed by atoms with Gasteiger partial charge in [0.05, 0.1) is 5.69 Å². The number of piperidine rings is 1. The molecule has 3 heterocycles. The van der Waals surface area contributed by atoms with Crippen molar-refractivity contribution in [3.8, 4) is 22.8 Å². The summed E-state index contributed by atoms with van der Waals surface area (Å²) in [6.07, 6.45) is 1.67. The predicted molar refractivity (Wildman–Crippen MR) is 115 cm³/mol. The SMILES string of the molecule is O=C(c1ccc2c(c1)OCO2)N1CCC(Cn2nc(-c3ccccc3)ccc2=O)CC1. The van der Waals surface area contributed by atoms with Crippen molar-refractivity contribution in [2.75, 3.05) is 19.9 Å². The zero-order chi connectivity index (χ0) is 21.2. The van der Waals surface area contributed by atoms with E-state index < -0.39 is 0 Å². The van der Waals surface area contributed by atoms with Crippen molar-refractivity contribution in [3.05, 3.63) is 76.6 Å². The maximum atomic E-state index is 12.9. The maximum Gasteiger partial charge on any atom is 0.266 e. The van der Waals surface area contributed by atoms with Crippen LogP contribution in [0, 0.1) is 5.92 Å². The van der Waals surface area contributed by atoms with Crippen LogP contribution in [0.3, 0.4) is 0 Å². The summed E-state index contributed by atoms with van der Waals surface area (Å²) in [5.41, 5.74) is 2.28. The third-order valence-corrected chi connectivity index (χ3v) is 5.89. The van der Waals surface area contributed by atoms with Crippen LogP contribution < -0.4 is 15.0 Å². The molecule has 158 valence electrons. The van der Waals surface area contributed by atoms with E-state index in [9.17, 15) is 9.59 Å². The third-order valence-electron chi connectivity index (χ3n) is 5.89. The summed E-state index contributed by atoms with van der Waals surface area (Å²) >= 11 is 0. The first-order chi connectivity index (χ1) is 15.2. The molecule has 1 amide bonds. The number of aromatic nitrogens is 2. The molecule has 2 aromatic carbocycles. The molecule has 0 N–H and O–H groups in total. The largest absolute Gasteiger partial charge is 0.454 e. The summed E-state index contributed by atoms with van der Waals surface area (Å²) in [6, 6.07) is 18.5. The quantitative estimate of drug-likeness (QED) is 0.652. The normalized spacial score (nSPS) is 15.8. The third kappa shape index (κ3) is 4.03. The molecule has 0 unspecified atom stereocenters. The van der Waals surface area contributed by atoms with Crippen molar-refractivity contribution in [1.82, 2.24) is 14.7 Å². The van der Waals surface area contributed by atoms with Crippen LogP contribution in [0.5, 0.6) is 11.5 Å². The van der Waals surface area contributed by atoms with Crippen LogP contribution >= 0.6 is 0 Å². The molecule has 7 nitrogen and oxygen atoms in total. The summed E-state index contributed by atoms with van der Waals surface area (Å²) < 4.78 is 12.3. The van der Waals surface area contributed by atoms with Gasteiger partial charge in [-0.15, -0.1) is 0 Å². The first-order valence-corrected chi connectivity index (χ1v) is 10.5. The zero-order valence-corrected chi connectivity index (χ0v) is 17.1. The van der Waals surface area contributed by atoms with E-state index in [4.69, 9.17) is 9.47 Å². The minimum atomic E-state index is -0.0986. The minimum Gasteiger partial charge on any atom is -0.454 e. The highest BCUT2D eigenvalue weighted by Crippen LogP contribution is 2.33. The maximum absolute atomic E-state index is 12.9. The Balaban J connectivity index is 1.23. The molecule has 5 rings (SSSR count). The van der Waals surface area contributed by atoms with Crippen molar-refractivity contribution < 1.29 is 14.3 Å². The second-order valence-corrected chi connectivity index (χ2v) is 7.91. The molecule has 0 saturated carbocycles. The van der Waals surface area contributed by atoms with Crippen molar-refractivity contribution in [1.29, 1.82) is 0 Å². The monoisotopic (exact) mass is 417 g/mol. The average molecular weight is 417 g/mol. The van der Waals surface area contributed by atoms with Crippen molar-refractivity contribution in [2.45, 2.75) is 19.4 Å². The van der Waals surface area contributed by atoms with Gasteiger partial charge in [0.15, 0.2) is 11.5 Å². The van der Waals surface area contributed by atoms with Gasteiger partial charge in [0.25, 0.3) is 11.5 Å². The highest BCUT2D eigenvalue weighted by molar-refractivity contribution is 5.95. The van der Waals surface area contributed by atoms with E-state index in [1.54, 1.807) is 35.0 Å². The molecule has 1 fully saturated rings. The lowest BCUT2D eigenvalue weighted by molar-refractivity contribution is 0.0680. The Hall–Kier alpha value is -3.61.